The summed E-state index contributed by atoms with van der Waals surface area (Å²) in [7, 11) is 3.36. The molecule has 312 valence electrons. The molecular formula is C60H45N3O2. The van der Waals surface area contributed by atoms with E-state index in [1.54, 1.807) is 14.2 Å². The fourth-order valence-electron chi connectivity index (χ4n) is 8.47. The maximum Gasteiger partial charge on any atom is 0.118 e. The van der Waals surface area contributed by atoms with Gasteiger partial charge in [-0.25, -0.2) is 0 Å². The number of hydrogen-bond donors (Lipinski definition) is 0. The first-order chi connectivity index (χ1) is 32.0. The van der Waals surface area contributed by atoms with Gasteiger partial charge in [0.05, 0.1) is 31.3 Å². The molecular weight excluding hydrogens is 795 g/mol. The summed E-state index contributed by atoms with van der Waals surface area (Å²) in [4.78, 5) is 14.8. The lowest BCUT2D eigenvalue weighted by Crippen LogP contribution is -1.93. The Morgan fingerprint density at radius 3 is 0.800 bits per heavy atom. The number of methoxy groups -OCH3 is 2. The minimum Gasteiger partial charge on any atom is -0.497 e. The van der Waals surface area contributed by atoms with E-state index in [9.17, 15) is 0 Å². The molecule has 5 nitrogen and oxygen atoms in total. The van der Waals surface area contributed by atoms with Crippen LogP contribution in [0.5, 0.6) is 11.5 Å². The van der Waals surface area contributed by atoms with E-state index >= 15 is 0 Å². The van der Waals surface area contributed by atoms with Crippen LogP contribution in [0.2, 0.25) is 0 Å². The molecule has 0 aliphatic carbocycles. The Morgan fingerprint density at radius 1 is 0.277 bits per heavy atom. The highest BCUT2D eigenvalue weighted by atomic mass is 16.5. The number of rotatable bonds is 11. The Morgan fingerprint density at radius 2 is 0.538 bits per heavy atom. The standard InChI is InChI=1S/C60H45N3O2/c1-40-16-18-41(19-17-40)58-31-24-44(37-61-58)52-10-4-7-13-55(52)47-34-48(56-14-8-5-11-53(56)45-25-32-59(62-38-45)42-20-27-50(64-2)28-21-42)36-49(35-47)57-15-9-6-12-54(57)46-26-33-60(63-39-46)43-22-29-51(65-3)30-23-43/h4-39H,1-3H3. The number of benzene rings is 7. The van der Waals surface area contributed by atoms with Crippen LogP contribution < -0.4 is 9.47 Å². The summed E-state index contributed by atoms with van der Waals surface area (Å²) in [5.74, 6) is 1.64. The predicted molar refractivity (Wildman–Crippen MR) is 267 cm³/mol. The number of aromatic nitrogens is 3. The summed E-state index contributed by atoms with van der Waals surface area (Å²) in [6.07, 6.45) is 5.95. The van der Waals surface area contributed by atoms with Crippen molar-refractivity contribution in [3.8, 4) is 112 Å². The zero-order chi connectivity index (χ0) is 44.1. The van der Waals surface area contributed by atoms with Gasteiger partial charge in [-0.05, 0) is 142 Å². The molecule has 0 radical (unpaired) electrons. The Balaban J connectivity index is 1.09. The third kappa shape index (κ3) is 8.56. The van der Waals surface area contributed by atoms with Gasteiger partial charge in [0.25, 0.3) is 0 Å². The van der Waals surface area contributed by atoms with Crippen LogP contribution in [-0.4, -0.2) is 29.2 Å². The maximum atomic E-state index is 5.39. The normalized spacial score (nSPS) is 11.0. The van der Waals surface area contributed by atoms with E-state index < -0.39 is 0 Å². The van der Waals surface area contributed by atoms with Crippen LogP contribution in [0, 0.1) is 6.92 Å². The molecule has 3 heterocycles. The van der Waals surface area contributed by atoms with Crippen molar-refractivity contribution in [3.63, 3.8) is 0 Å². The highest BCUT2D eigenvalue weighted by molar-refractivity contribution is 5.94. The molecule has 5 heteroatoms. The Hall–Kier alpha value is -8.41. The second kappa shape index (κ2) is 18.1. The van der Waals surface area contributed by atoms with Gasteiger partial charge in [0.1, 0.15) is 11.5 Å². The molecule has 0 fully saturated rings. The van der Waals surface area contributed by atoms with Crippen LogP contribution in [0.4, 0.5) is 0 Å². The van der Waals surface area contributed by atoms with Gasteiger partial charge < -0.3 is 9.47 Å². The van der Waals surface area contributed by atoms with E-state index in [2.05, 4.69) is 159 Å². The molecule has 10 aromatic rings. The minimum atomic E-state index is 0.818. The molecule has 0 saturated heterocycles. The van der Waals surface area contributed by atoms with Crippen LogP contribution in [0.1, 0.15) is 5.56 Å². The highest BCUT2D eigenvalue weighted by Gasteiger charge is 2.17. The van der Waals surface area contributed by atoms with Crippen LogP contribution in [0.15, 0.2) is 219 Å². The first-order valence-electron chi connectivity index (χ1n) is 21.7. The van der Waals surface area contributed by atoms with Crippen molar-refractivity contribution in [2.24, 2.45) is 0 Å². The average Bonchev–Trinajstić information content (AvgIpc) is 3.39. The third-order valence-electron chi connectivity index (χ3n) is 12.0. The van der Waals surface area contributed by atoms with Gasteiger partial charge in [-0.2, -0.15) is 0 Å². The molecule has 0 aliphatic rings. The fraction of sp³-hybridized carbons (Fsp3) is 0.0500. The molecule has 65 heavy (non-hydrogen) atoms. The highest BCUT2D eigenvalue weighted by Crippen LogP contribution is 2.42. The second-order valence-corrected chi connectivity index (χ2v) is 16.1. The van der Waals surface area contributed by atoms with Gasteiger partial charge in [-0.1, -0.05) is 121 Å². The molecule has 0 atom stereocenters. The van der Waals surface area contributed by atoms with Crippen molar-refractivity contribution in [3.05, 3.63) is 224 Å². The van der Waals surface area contributed by atoms with Crippen molar-refractivity contribution in [2.75, 3.05) is 14.2 Å². The van der Waals surface area contributed by atoms with Crippen molar-refractivity contribution < 1.29 is 9.47 Å². The van der Waals surface area contributed by atoms with Crippen molar-refractivity contribution in [1.29, 1.82) is 0 Å². The van der Waals surface area contributed by atoms with Gasteiger partial charge in [-0.3, -0.25) is 15.0 Å². The average molecular weight is 840 g/mol. The fourth-order valence-corrected chi connectivity index (χ4v) is 8.47. The largest absolute Gasteiger partial charge is 0.497 e. The summed E-state index contributed by atoms with van der Waals surface area (Å²) in [5, 5.41) is 0. The molecule has 0 aliphatic heterocycles. The summed E-state index contributed by atoms with van der Waals surface area (Å²) in [6, 6.07) is 70.2. The van der Waals surface area contributed by atoms with E-state index in [0.29, 0.717) is 0 Å². The second-order valence-electron chi connectivity index (χ2n) is 16.1. The van der Waals surface area contributed by atoms with Crippen LogP contribution in [0.25, 0.3) is 101 Å². The van der Waals surface area contributed by atoms with E-state index in [1.165, 1.54) is 5.56 Å². The SMILES string of the molecule is COc1ccc(-c2ccc(-c3ccccc3-c3cc(-c4ccccc4-c4ccc(-c5ccc(C)cc5)nc4)cc(-c4ccccc4-c4ccc(-c5ccc(OC)cc5)nc4)c3)cn2)cc1. The number of hydrogen-bond acceptors (Lipinski definition) is 5. The summed E-state index contributed by atoms with van der Waals surface area (Å²) in [6.45, 7) is 2.10. The quantitative estimate of drug-likeness (QED) is 0.130. The zero-order valence-corrected chi connectivity index (χ0v) is 36.4. The lowest BCUT2D eigenvalue weighted by atomic mass is 9.86. The summed E-state index contributed by atoms with van der Waals surface area (Å²) in [5.41, 5.74) is 20.2. The first kappa shape index (κ1) is 40.6. The molecule has 7 aromatic carbocycles. The molecule has 0 N–H and O–H groups in total. The van der Waals surface area contributed by atoms with Crippen molar-refractivity contribution >= 4 is 0 Å². The minimum absolute atomic E-state index is 0.818. The summed E-state index contributed by atoms with van der Waals surface area (Å²) < 4.78 is 10.8. The predicted octanol–water partition coefficient (Wildman–Crippen LogP) is 15.2. The summed E-state index contributed by atoms with van der Waals surface area (Å²) >= 11 is 0. The van der Waals surface area contributed by atoms with E-state index in [1.807, 2.05) is 67.1 Å². The smallest absolute Gasteiger partial charge is 0.118 e. The van der Waals surface area contributed by atoms with Gasteiger partial charge in [0.2, 0.25) is 0 Å². The molecule has 0 amide bonds. The van der Waals surface area contributed by atoms with E-state index in [-0.39, 0.29) is 0 Å². The van der Waals surface area contributed by atoms with Crippen molar-refractivity contribution in [1.82, 2.24) is 15.0 Å². The Bertz CT molecular complexity index is 3080. The van der Waals surface area contributed by atoms with Crippen molar-refractivity contribution in [2.45, 2.75) is 6.92 Å². The number of pyridine rings is 3. The van der Waals surface area contributed by atoms with Gasteiger partial charge in [-0.15, -0.1) is 0 Å². The lowest BCUT2D eigenvalue weighted by molar-refractivity contribution is 0.415. The molecule has 10 rings (SSSR count). The van der Waals surface area contributed by atoms with Crippen LogP contribution in [0.3, 0.4) is 0 Å². The number of aryl methyl sites for hydroxylation is 1. The number of ether oxygens (including phenoxy) is 2. The zero-order valence-electron chi connectivity index (χ0n) is 36.4. The van der Waals surface area contributed by atoms with Crippen LogP contribution >= 0.6 is 0 Å². The molecule has 0 saturated carbocycles. The lowest BCUT2D eigenvalue weighted by Gasteiger charge is -2.18. The molecule has 0 spiro atoms. The van der Waals surface area contributed by atoms with Gasteiger partial charge >= 0.3 is 0 Å². The van der Waals surface area contributed by atoms with E-state index in [4.69, 9.17) is 24.4 Å². The van der Waals surface area contributed by atoms with Gasteiger partial charge in [0, 0.05) is 52.0 Å². The number of nitrogens with zero attached hydrogens (tertiary/aromatic N) is 3. The van der Waals surface area contributed by atoms with Gasteiger partial charge in [0.15, 0.2) is 0 Å². The molecule has 3 aromatic heterocycles. The maximum absolute atomic E-state index is 5.39. The molecule has 0 unspecified atom stereocenters. The Labute approximate surface area is 380 Å². The van der Waals surface area contributed by atoms with E-state index in [0.717, 1.165) is 112 Å². The van der Waals surface area contributed by atoms with Crippen LogP contribution in [-0.2, 0) is 0 Å². The first-order valence-corrected chi connectivity index (χ1v) is 21.7. The Kier molecular flexibility index (Phi) is 11.3. The topological polar surface area (TPSA) is 57.1 Å². The molecule has 0 bridgehead atoms. The third-order valence-corrected chi connectivity index (χ3v) is 12.0. The monoisotopic (exact) mass is 839 g/mol.